The number of hydrogen-bond acceptors (Lipinski definition) is 4. The quantitative estimate of drug-likeness (QED) is 0.843. The fraction of sp³-hybridized carbons (Fsp3) is 0.538. The van der Waals surface area contributed by atoms with E-state index in [1.54, 1.807) is 7.11 Å². The number of nitrogens with one attached hydrogen (secondary N) is 1. The summed E-state index contributed by atoms with van der Waals surface area (Å²) in [6.07, 6.45) is 1.27. The number of hydrogen-bond donors (Lipinski definition) is 2. The van der Waals surface area contributed by atoms with Gasteiger partial charge in [0.05, 0.1) is 7.11 Å². The number of anilines is 1. The van der Waals surface area contributed by atoms with Crippen molar-refractivity contribution >= 4 is 17.4 Å². The summed E-state index contributed by atoms with van der Waals surface area (Å²) in [7, 11) is 1.68. The van der Waals surface area contributed by atoms with Gasteiger partial charge in [-0.2, -0.15) is 11.8 Å². The van der Waals surface area contributed by atoms with Crippen LogP contribution in [-0.4, -0.2) is 31.2 Å². The number of benzene rings is 1. The first kappa shape index (κ1) is 12.6. The van der Waals surface area contributed by atoms with E-state index in [9.17, 15) is 0 Å². The van der Waals surface area contributed by atoms with E-state index in [1.165, 1.54) is 17.9 Å². The summed E-state index contributed by atoms with van der Waals surface area (Å²) < 4.78 is 5.14. The Kier molecular flexibility index (Phi) is 4.57. The summed E-state index contributed by atoms with van der Waals surface area (Å²) in [5.41, 5.74) is 6.98. The lowest BCUT2D eigenvalue weighted by molar-refractivity contribution is 0.415. The molecule has 0 saturated carbocycles. The average Bonchev–Trinajstić information content (AvgIpc) is 2.90. The smallest absolute Gasteiger partial charge is 0.119 e. The highest BCUT2D eigenvalue weighted by molar-refractivity contribution is 7.99. The number of thioether (sulfide) groups is 1. The fourth-order valence-corrected chi connectivity index (χ4v) is 3.48. The third kappa shape index (κ3) is 3.30. The standard InChI is InChI=1S/C13H20N2OS/c1-16-12-4-2-11(3-5-12)15-13(8-14)10-6-7-17-9-10/h2-5,10,13,15H,6-9,14H2,1H3. The van der Waals surface area contributed by atoms with Crippen LogP contribution in [0.2, 0.25) is 0 Å². The van der Waals surface area contributed by atoms with Gasteiger partial charge in [0.1, 0.15) is 5.75 Å². The van der Waals surface area contributed by atoms with Crippen molar-refractivity contribution in [2.75, 3.05) is 30.5 Å². The largest absolute Gasteiger partial charge is 0.497 e. The monoisotopic (exact) mass is 252 g/mol. The van der Waals surface area contributed by atoms with Crippen LogP contribution in [0, 0.1) is 5.92 Å². The van der Waals surface area contributed by atoms with Crippen LogP contribution in [0.15, 0.2) is 24.3 Å². The normalized spacial score (nSPS) is 21.2. The molecular formula is C13H20N2OS. The molecule has 4 heteroatoms. The Bertz CT molecular complexity index is 336. The molecule has 0 aliphatic carbocycles. The lowest BCUT2D eigenvalue weighted by atomic mass is 9.99. The molecule has 1 fully saturated rings. The number of nitrogens with two attached hydrogens (primary N) is 1. The van der Waals surface area contributed by atoms with Crippen LogP contribution in [0.1, 0.15) is 6.42 Å². The topological polar surface area (TPSA) is 47.3 Å². The number of ether oxygens (including phenoxy) is 1. The van der Waals surface area contributed by atoms with Gasteiger partial charge in [-0.05, 0) is 48.1 Å². The van der Waals surface area contributed by atoms with Crippen molar-refractivity contribution in [3.63, 3.8) is 0 Å². The second kappa shape index (κ2) is 6.17. The van der Waals surface area contributed by atoms with E-state index in [0.717, 1.165) is 11.4 Å². The van der Waals surface area contributed by atoms with E-state index in [0.29, 0.717) is 18.5 Å². The molecule has 3 nitrogen and oxygen atoms in total. The van der Waals surface area contributed by atoms with E-state index in [4.69, 9.17) is 10.5 Å². The molecule has 0 amide bonds. The molecule has 2 rings (SSSR count). The fourth-order valence-electron chi connectivity index (χ4n) is 2.14. The molecule has 0 bridgehead atoms. The SMILES string of the molecule is COc1ccc(NC(CN)C2CCSC2)cc1. The van der Waals surface area contributed by atoms with Gasteiger partial charge in [-0.1, -0.05) is 0 Å². The van der Waals surface area contributed by atoms with Gasteiger partial charge in [0, 0.05) is 18.3 Å². The third-order valence-corrected chi connectivity index (χ3v) is 4.42. The Morgan fingerprint density at radius 3 is 2.76 bits per heavy atom. The zero-order valence-electron chi connectivity index (χ0n) is 10.2. The van der Waals surface area contributed by atoms with E-state index in [1.807, 2.05) is 36.0 Å². The van der Waals surface area contributed by atoms with Gasteiger partial charge in [0.15, 0.2) is 0 Å². The van der Waals surface area contributed by atoms with Crippen LogP contribution in [0.25, 0.3) is 0 Å². The van der Waals surface area contributed by atoms with E-state index in [-0.39, 0.29) is 0 Å². The summed E-state index contributed by atoms with van der Waals surface area (Å²) in [5, 5.41) is 3.53. The number of methoxy groups -OCH3 is 1. The van der Waals surface area contributed by atoms with Crippen molar-refractivity contribution in [3.05, 3.63) is 24.3 Å². The summed E-state index contributed by atoms with van der Waals surface area (Å²) in [6.45, 7) is 0.692. The molecule has 2 unspecified atom stereocenters. The first-order chi connectivity index (χ1) is 8.33. The Morgan fingerprint density at radius 2 is 2.24 bits per heavy atom. The van der Waals surface area contributed by atoms with Gasteiger partial charge in [0.25, 0.3) is 0 Å². The number of rotatable bonds is 5. The molecular weight excluding hydrogens is 232 g/mol. The molecule has 1 aliphatic heterocycles. The Balaban J connectivity index is 1.96. The summed E-state index contributed by atoms with van der Waals surface area (Å²) in [6, 6.07) is 8.42. The van der Waals surface area contributed by atoms with Crippen LogP contribution >= 0.6 is 11.8 Å². The van der Waals surface area contributed by atoms with Crippen molar-refractivity contribution in [1.29, 1.82) is 0 Å². The third-order valence-electron chi connectivity index (χ3n) is 3.23. The zero-order chi connectivity index (χ0) is 12.1. The van der Waals surface area contributed by atoms with Crippen LogP contribution in [0.3, 0.4) is 0 Å². The van der Waals surface area contributed by atoms with E-state index < -0.39 is 0 Å². The maximum absolute atomic E-state index is 5.86. The van der Waals surface area contributed by atoms with Crippen molar-refractivity contribution in [2.45, 2.75) is 12.5 Å². The van der Waals surface area contributed by atoms with Gasteiger partial charge in [-0.15, -0.1) is 0 Å². The van der Waals surface area contributed by atoms with E-state index >= 15 is 0 Å². The van der Waals surface area contributed by atoms with E-state index in [2.05, 4.69) is 5.32 Å². The van der Waals surface area contributed by atoms with Crippen molar-refractivity contribution in [2.24, 2.45) is 11.7 Å². The lowest BCUT2D eigenvalue weighted by Crippen LogP contribution is -2.36. The van der Waals surface area contributed by atoms with Gasteiger partial charge in [-0.25, -0.2) is 0 Å². The summed E-state index contributed by atoms with van der Waals surface area (Å²) in [4.78, 5) is 0. The molecule has 1 aromatic rings. The maximum Gasteiger partial charge on any atom is 0.119 e. The van der Waals surface area contributed by atoms with Crippen molar-refractivity contribution in [3.8, 4) is 5.75 Å². The second-order valence-electron chi connectivity index (χ2n) is 4.34. The molecule has 3 N–H and O–H groups in total. The van der Waals surface area contributed by atoms with Gasteiger partial charge in [-0.3, -0.25) is 0 Å². The molecule has 0 spiro atoms. The lowest BCUT2D eigenvalue weighted by Gasteiger charge is -2.23. The zero-order valence-corrected chi connectivity index (χ0v) is 11.0. The molecule has 2 atom stereocenters. The second-order valence-corrected chi connectivity index (χ2v) is 5.49. The first-order valence-corrected chi connectivity index (χ1v) is 7.17. The summed E-state index contributed by atoms with van der Waals surface area (Å²) >= 11 is 2.03. The Morgan fingerprint density at radius 1 is 1.47 bits per heavy atom. The van der Waals surface area contributed by atoms with Crippen LogP contribution < -0.4 is 15.8 Å². The molecule has 1 saturated heterocycles. The molecule has 1 aliphatic rings. The highest BCUT2D eigenvalue weighted by Crippen LogP contribution is 2.28. The molecule has 17 heavy (non-hydrogen) atoms. The Labute approximate surface area is 107 Å². The summed E-state index contributed by atoms with van der Waals surface area (Å²) in [5.74, 6) is 4.08. The highest BCUT2D eigenvalue weighted by atomic mass is 32.2. The highest BCUT2D eigenvalue weighted by Gasteiger charge is 2.24. The van der Waals surface area contributed by atoms with Gasteiger partial charge < -0.3 is 15.8 Å². The Hall–Kier alpha value is -0.870. The minimum absolute atomic E-state index is 0.387. The predicted molar refractivity (Wildman–Crippen MR) is 74.9 cm³/mol. The van der Waals surface area contributed by atoms with Crippen LogP contribution in [0.4, 0.5) is 5.69 Å². The van der Waals surface area contributed by atoms with Crippen LogP contribution in [0.5, 0.6) is 5.75 Å². The molecule has 0 radical (unpaired) electrons. The minimum Gasteiger partial charge on any atom is -0.497 e. The van der Waals surface area contributed by atoms with Gasteiger partial charge >= 0.3 is 0 Å². The predicted octanol–water partition coefficient (Wildman–Crippen LogP) is 2.19. The van der Waals surface area contributed by atoms with Crippen molar-refractivity contribution in [1.82, 2.24) is 0 Å². The molecule has 1 heterocycles. The first-order valence-electron chi connectivity index (χ1n) is 6.02. The molecule has 0 aromatic heterocycles. The van der Waals surface area contributed by atoms with Crippen molar-refractivity contribution < 1.29 is 4.74 Å². The average molecular weight is 252 g/mol. The maximum atomic E-state index is 5.86. The van der Waals surface area contributed by atoms with Gasteiger partial charge in [0.2, 0.25) is 0 Å². The molecule has 1 aromatic carbocycles. The minimum atomic E-state index is 0.387. The molecule has 94 valence electrons. The van der Waals surface area contributed by atoms with Crippen LogP contribution in [-0.2, 0) is 0 Å².